The van der Waals surface area contributed by atoms with Gasteiger partial charge in [-0.3, -0.25) is 0 Å². The number of phenols is 1. The summed E-state index contributed by atoms with van der Waals surface area (Å²) in [5.41, 5.74) is 5.64. The van der Waals surface area contributed by atoms with E-state index < -0.39 is 11.6 Å². The summed E-state index contributed by atoms with van der Waals surface area (Å²) in [7, 11) is 1.34. The lowest BCUT2D eigenvalue weighted by Gasteiger charge is -2.41. The van der Waals surface area contributed by atoms with Crippen molar-refractivity contribution in [2.24, 2.45) is 0 Å². The highest BCUT2D eigenvalue weighted by molar-refractivity contribution is 5.72. The van der Waals surface area contributed by atoms with Crippen molar-refractivity contribution in [3.8, 4) is 22.6 Å². The van der Waals surface area contributed by atoms with Crippen LogP contribution in [0.3, 0.4) is 0 Å². The van der Waals surface area contributed by atoms with Gasteiger partial charge in [0, 0.05) is 0 Å². The summed E-state index contributed by atoms with van der Waals surface area (Å²) in [4.78, 5) is 11.5. The maximum Gasteiger partial charge on any atom is 0.331 e. The number of rotatable bonds is 8. The second-order valence-electron chi connectivity index (χ2n) is 8.32. The highest BCUT2D eigenvalue weighted by Gasteiger charge is 2.42. The van der Waals surface area contributed by atoms with Gasteiger partial charge < -0.3 is 24.1 Å². The molecule has 6 nitrogen and oxygen atoms in total. The molecule has 0 radical (unpaired) electrons. The fraction of sp³-hybridized carbons (Fsp3) is 0.296. The molecule has 0 aromatic heterocycles. The smallest absolute Gasteiger partial charge is 0.331 e. The summed E-state index contributed by atoms with van der Waals surface area (Å²) in [6, 6.07) is 19.5. The molecule has 1 aliphatic heterocycles. The molecule has 0 atom stereocenters. The van der Waals surface area contributed by atoms with Crippen LogP contribution in [0.2, 0.25) is 0 Å². The molecule has 0 saturated carbocycles. The van der Waals surface area contributed by atoms with Gasteiger partial charge in [-0.15, -0.1) is 0 Å². The number of carbonyl (C=O) groups excluding carboxylic acids is 1. The summed E-state index contributed by atoms with van der Waals surface area (Å²) in [6.45, 7) is 5.11. The number of aryl methyl sites for hydroxylation is 2. The van der Waals surface area contributed by atoms with Gasteiger partial charge in [0.25, 0.3) is 0 Å². The second-order valence-corrected chi connectivity index (χ2v) is 8.32. The molecule has 1 saturated heterocycles. The maximum atomic E-state index is 11.5. The first-order valence-corrected chi connectivity index (χ1v) is 10.8. The zero-order valence-corrected chi connectivity index (χ0v) is 19.1. The van der Waals surface area contributed by atoms with Crippen LogP contribution in [0.25, 0.3) is 11.1 Å². The van der Waals surface area contributed by atoms with Gasteiger partial charge in [-0.25, -0.2) is 4.79 Å². The van der Waals surface area contributed by atoms with Crippen LogP contribution in [0.1, 0.15) is 22.3 Å². The number of hydrogen-bond acceptors (Lipinski definition) is 6. The zero-order valence-electron chi connectivity index (χ0n) is 19.1. The molecule has 1 N–H and O–H groups in total. The van der Waals surface area contributed by atoms with Gasteiger partial charge >= 0.3 is 5.97 Å². The molecule has 0 bridgehead atoms. The van der Waals surface area contributed by atoms with Crippen LogP contribution in [0.5, 0.6) is 11.5 Å². The summed E-state index contributed by atoms with van der Waals surface area (Å²) >= 11 is 0. The number of hydrogen-bond donors (Lipinski definition) is 1. The average Bonchev–Trinajstić information content (AvgIpc) is 2.77. The average molecular weight is 449 g/mol. The Morgan fingerprint density at radius 3 is 2.33 bits per heavy atom. The van der Waals surface area contributed by atoms with Gasteiger partial charge in [0.2, 0.25) is 0 Å². The molecule has 0 spiro atoms. The molecule has 6 heteroatoms. The van der Waals surface area contributed by atoms with E-state index in [1.54, 1.807) is 12.1 Å². The van der Waals surface area contributed by atoms with Crippen molar-refractivity contribution >= 4 is 5.97 Å². The molecule has 4 rings (SSSR count). The van der Waals surface area contributed by atoms with Gasteiger partial charge in [0.1, 0.15) is 30.3 Å². The molecule has 1 aliphatic rings. The van der Waals surface area contributed by atoms with Crippen LogP contribution in [0.15, 0.2) is 60.7 Å². The van der Waals surface area contributed by atoms with Crippen molar-refractivity contribution < 1.29 is 28.8 Å². The lowest BCUT2D eigenvalue weighted by molar-refractivity contribution is -0.220. The molecular formula is C27H28O6. The van der Waals surface area contributed by atoms with Crippen LogP contribution in [0.4, 0.5) is 0 Å². The number of esters is 1. The summed E-state index contributed by atoms with van der Waals surface area (Å²) < 4.78 is 21.8. The SMILES string of the molecule is COC(=O)COC1(c2ccc(OCc3cccc(-c4c(C)cc(O)cc4C)c3)cc2)COC1. The van der Waals surface area contributed by atoms with Crippen LogP contribution in [-0.4, -0.2) is 38.0 Å². The third-order valence-corrected chi connectivity index (χ3v) is 5.88. The van der Waals surface area contributed by atoms with E-state index in [-0.39, 0.29) is 12.4 Å². The summed E-state index contributed by atoms with van der Waals surface area (Å²) in [5.74, 6) is 0.605. The van der Waals surface area contributed by atoms with Gasteiger partial charge in [0.15, 0.2) is 0 Å². The van der Waals surface area contributed by atoms with E-state index in [0.29, 0.717) is 19.8 Å². The minimum Gasteiger partial charge on any atom is -0.508 e. The molecule has 172 valence electrons. The predicted octanol–water partition coefficient (Wildman–Crippen LogP) is 4.67. The highest BCUT2D eigenvalue weighted by atomic mass is 16.6. The minimum atomic E-state index is -0.624. The van der Waals surface area contributed by atoms with Crippen LogP contribution in [-0.2, 0) is 31.2 Å². The maximum absolute atomic E-state index is 11.5. The van der Waals surface area contributed by atoms with Gasteiger partial charge in [0.05, 0.1) is 20.3 Å². The Morgan fingerprint density at radius 1 is 1.03 bits per heavy atom. The van der Waals surface area contributed by atoms with E-state index in [2.05, 4.69) is 16.9 Å². The molecule has 0 unspecified atom stereocenters. The van der Waals surface area contributed by atoms with E-state index in [9.17, 15) is 9.90 Å². The van der Waals surface area contributed by atoms with E-state index in [4.69, 9.17) is 14.2 Å². The van der Waals surface area contributed by atoms with Crippen molar-refractivity contribution in [2.45, 2.75) is 26.1 Å². The van der Waals surface area contributed by atoms with Gasteiger partial charge in [-0.05, 0) is 77.6 Å². The molecule has 0 aliphatic carbocycles. The molecule has 3 aromatic carbocycles. The molecule has 1 fully saturated rings. The summed E-state index contributed by atoms with van der Waals surface area (Å²) in [5, 5.41) is 9.83. The summed E-state index contributed by atoms with van der Waals surface area (Å²) in [6.07, 6.45) is 0. The van der Waals surface area contributed by atoms with Crippen molar-refractivity contribution in [3.05, 3.63) is 82.9 Å². The number of aromatic hydroxyl groups is 1. The Bertz CT molecular complexity index is 1110. The largest absolute Gasteiger partial charge is 0.508 e. The highest BCUT2D eigenvalue weighted by Crippen LogP contribution is 2.35. The zero-order chi connectivity index (χ0) is 23.4. The van der Waals surface area contributed by atoms with E-state index in [0.717, 1.165) is 39.1 Å². The van der Waals surface area contributed by atoms with Crippen molar-refractivity contribution in [2.75, 3.05) is 26.9 Å². The Balaban J connectivity index is 1.43. The molecule has 1 heterocycles. The molecular weight excluding hydrogens is 420 g/mol. The first kappa shape index (κ1) is 22.8. The van der Waals surface area contributed by atoms with Crippen molar-refractivity contribution in [1.82, 2.24) is 0 Å². The Hall–Kier alpha value is -3.35. The van der Waals surface area contributed by atoms with Crippen LogP contribution in [0, 0.1) is 13.8 Å². The van der Waals surface area contributed by atoms with Gasteiger partial charge in [-0.2, -0.15) is 0 Å². The van der Waals surface area contributed by atoms with E-state index in [1.807, 2.05) is 50.2 Å². The lowest BCUT2D eigenvalue weighted by Crippen LogP contribution is -2.49. The first-order valence-electron chi connectivity index (χ1n) is 10.8. The quantitative estimate of drug-likeness (QED) is 0.505. The number of carbonyl (C=O) groups is 1. The lowest BCUT2D eigenvalue weighted by atomic mass is 9.91. The van der Waals surface area contributed by atoms with E-state index in [1.165, 1.54) is 7.11 Å². The Kier molecular flexibility index (Phi) is 6.67. The van der Waals surface area contributed by atoms with Crippen molar-refractivity contribution in [3.63, 3.8) is 0 Å². The third kappa shape index (κ3) is 5.02. The fourth-order valence-electron chi connectivity index (χ4n) is 4.11. The predicted molar refractivity (Wildman–Crippen MR) is 124 cm³/mol. The molecule has 3 aromatic rings. The number of methoxy groups -OCH3 is 1. The standard InChI is InChI=1S/C27H28O6/c1-18-11-23(28)12-19(2)26(18)21-6-4-5-20(13-21)14-32-24-9-7-22(8-10-24)27(16-31-17-27)33-15-25(29)30-3/h4-13,28H,14-17H2,1-3H3. The Labute approximate surface area is 193 Å². The van der Waals surface area contributed by atoms with Crippen LogP contribution < -0.4 is 4.74 Å². The fourth-order valence-corrected chi connectivity index (χ4v) is 4.11. The topological polar surface area (TPSA) is 74.2 Å². The second kappa shape index (κ2) is 9.65. The first-order chi connectivity index (χ1) is 15.9. The number of benzene rings is 3. The number of phenolic OH excluding ortho intramolecular Hbond substituents is 1. The van der Waals surface area contributed by atoms with Gasteiger partial charge in [-0.1, -0.05) is 30.3 Å². The van der Waals surface area contributed by atoms with E-state index >= 15 is 0 Å². The van der Waals surface area contributed by atoms with Crippen molar-refractivity contribution in [1.29, 1.82) is 0 Å². The van der Waals surface area contributed by atoms with Crippen LogP contribution >= 0.6 is 0 Å². The third-order valence-electron chi connectivity index (χ3n) is 5.88. The Morgan fingerprint density at radius 2 is 1.73 bits per heavy atom. The molecule has 0 amide bonds. The minimum absolute atomic E-state index is 0.117. The number of ether oxygens (including phenoxy) is 4. The monoisotopic (exact) mass is 448 g/mol. The molecule has 33 heavy (non-hydrogen) atoms. The normalized spacial score (nSPS) is 14.4.